The van der Waals surface area contributed by atoms with Gasteiger partial charge in [0, 0.05) is 55.0 Å². The summed E-state index contributed by atoms with van der Waals surface area (Å²) < 4.78 is 16.1. The van der Waals surface area contributed by atoms with Gasteiger partial charge >= 0.3 is 0 Å². The van der Waals surface area contributed by atoms with Gasteiger partial charge in [-0.2, -0.15) is 5.26 Å². The molecule has 2 atom stereocenters. The van der Waals surface area contributed by atoms with Gasteiger partial charge in [-0.15, -0.1) is 0 Å². The van der Waals surface area contributed by atoms with Crippen molar-refractivity contribution in [3.8, 4) is 23.1 Å². The van der Waals surface area contributed by atoms with Gasteiger partial charge in [-0.25, -0.2) is 9.37 Å². The molecular weight excluding hydrogens is 642 g/mol. The van der Waals surface area contributed by atoms with Crippen molar-refractivity contribution >= 4 is 63.1 Å². The van der Waals surface area contributed by atoms with Gasteiger partial charge < -0.3 is 14.9 Å². The van der Waals surface area contributed by atoms with Gasteiger partial charge in [0.15, 0.2) is 5.82 Å². The number of anilines is 1. The number of nitriles is 1. The Labute approximate surface area is 274 Å². The molecule has 0 bridgehead atoms. The Morgan fingerprint density at radius 3 is 2.49 bits per heavy atom. The van der Waals surface area contributed by atoms with E-state index in [9.17, 15) is 24.3 Å². The van der Waals surface area contributed by atoms with Gasteiger partial charge in [-0.1, -0.05) is 68.2 Å². The predicted molar refractivity (Wildman–Crippen MR) is 176 cm³/mol. The summed E-state index contributed by atoms with van der Waals surface area (Å²) >= 11 is 19.2. The summed E-state index contributed by atoms with van der Waals surface area (Å²) in [5, 5.41) is 21.0. The summed E-state index contributed by atoms with van der Waals surface area (Å²) in [6.07, 6.45) is 4.82. The second kappa shape index (κ2) is 12.5. The molecule has 0 aliphatic carbocycles. The molecule has 5 rings (SSSR count). The number of carbonyl (C=O) groups excluding carboxylic acids is 1. The lowest BCUT2D eigenvalue weighted by molar-refractivity contribution is -0.126. The minimum Gasteiger partial charge on any atom is -0.506 e. The van der Waals surface area contributed by atoms with E-state index in [-0.39, 0.29) is 55.8 Å². The van der Waals surface area contributed by atoms with E-state index in [2.05, 4.69) is 17.6 Å². The first-order valence-corrected chi connectivity index (χ1v) is 15.4. The van der Waals surface area contributed by atoms with E-state index in [1.165, 1.54) is 17.6 Å². The van der Waals surface area contributed by atoms with E-state index in [4.69, 9.17) is 39.8 Å². The molecule has 2 aliphatic rings. The summed E-state index contributed by atoms with van der Waals surface area (Å²) in [6.45, 7) is 12.3. The van der Waals surface area contributed by atoms with Crippen LogP contribution in [-0.4, -0.2) is 57.4 Å². The maximum absolute atomic E-state index is 14.7. The zero-order valence-electron chi connectivity index (χ0n) is 25.0. The minimum atomic E-state index is -0.985. The maximum atomic E-state index is 14.7. The summed E-state index contributed by atoms with van der Waals surface area (Å²) in [4.78, 5) is 39.7. The number of nitrogens with zero attached hydrogens (tertiary/aromatic N) is 6. The minimum absolute atomic E-state index is 0.00843. The fourth-order valence-corrected chi connectivity index (χ4v) is 6.73. The average Bonchev–Trinajstić information content (AvgIpc) is 3.02. The van der Waals surface area contributed by atoms with Crippen LogP contribution in [0.3, 0.4) is 0 Å². The molecule has 1 N–H and O–H groups in total. The highest BCUT2D eigenvalue weighted by atomic mass is 35.5. The molecule has 1 saturated heterocycles. The van der Waals surface area contributed by atoms with E-state index in [0.29, 0.717) is 43.0 Å². The molecule has 0 radical (unpaired) electrons. The quantitative estimate of drug-likeness (QED) is 0.239. The van der Waals surface area contributed by atoms with E-state index in [0.717, 1.165) is 0 Å². The number of piperazine rings is 1. The van der Waals surface area contributed by atoms with Gasteiger partial charge in [-0.05, 0) is 30.5 Å². The van der Waals surface area contributed by atoms with Gasteiger partial charge in [0.2, 0.25) is 5.91 Å². The smallest absolute Gasteiger partial charge is 0.272 e. The number of aromatic nitrogens is 2. The van der Waals surface area contributed by atoms with Crippen LogP contribution in [0.5, 0.6) is 5.75 Å². The number of halogens is 4. The highest BCUT2D eigenvalue weighted by Crippen LogP contribution is 2.46. The number of fused-ring (bicyclic) bond motifs is 1. The van der Waals surface area contributed by atoms with Gasteiger partial charge in [0.25, 0.3) is 5.56 Å². The number of phenolic OH excluding ortho intramolecular Hbond substituents is 1. The second-order valence-electron chi connectivity index (χ2n) is 11.4. The lowest BCUT2D eigenvalue weighted by Crippen LogP contribution is -2.49. The molecule has 0 saturated carbocycles. The first kappa shape index (κ1) is 32.5. The number of allylic oxidation sites excluding steroid dienone is 1. The molecule has 13 heteroatoms. The Balaban J connectivity index is 1.88. The van der Waals surface area contributed by atoms with E-state index < -0.39 is 28.2 Å². The Morgan fingerprint density at radius 1 is 1.22 bits per heavy atom. The molecule has 3 aromatic rings. The van der Waals surface area contributed by atoms with Crippen LogP contribution in [-0.2, 0) is 4.79 Å². The fourth-order valence-electron chi connectivity index (χ4n) is 6.06. The van der Waals surface area contributed by atoms with Crippen molar-refractivity contribution in [3.63, 3.8) is 0 Å². The molecule has 0 spiro atoms. The van der Waals surface area contributed by atoms with Crippen molar-refractivity contribution < 1.29 is 14.3 Å². The van der Waals surface area contributed by atoms with Crippen LogP contribution in [0.15, 0.2) is 40.8 Å². The van der Waals surface area contributed by atoms with E-state index >= 15 is 0 Å². The molecule has 4 heterocycles. The van der Waals surface area contributed by atoms with Crippen LogP contribution in [0.25, 0.3) is 22.3 Å². The largest absolute Gasteiger partial charge is 0.506 e. The van der Waals surface area contributed by atoms with Gasteiger partial charge in [0.05, 0.1) is 27.5 Å². The first-order valence-electron chi connectivity index (χ1n) is 14.3. The molecule has 2 aromatic heterocycles. The van der Waals surface area contributed by atoms with Crippen molar-refractivity contribution in [2.24, 2.45) is 16.8 Å². The third-order valence-electron chi connectivity index (χ3n) is 8.36. The molecule has 234 valence electrons. The average molecular weight is 672 g/mol. The first-order chi connectivity index (χ1) is 21.3. The van der Waals surface area contributed by atoms with Gasteiger partial charge in [0.1, 0.15) is 28.1 Å². The summed E-state index contributed by atoms with van der Waals surface area (Å²) in [5.41, 5.74) is 0.716. The monoisotopic (exact) mass is 670 g/mol. The van der Waals surface area contributed by atoms with E-state index in [1.54, 1.807) is 17.2 Å². The third-order valence-corrected chi connectivity index (χ3v) is 9.44. The fraction of sp³-hybridized carbons (Fsp3) is 0.344. The summed E-state index contributed by atoms with van der Waals surface area (Å²) in [5.74, 6) is -2.07. The number of hydrogen-bond acceptors (Lipinski definition) is 7. The molecule has 1 amide bonds. The number of carbonyl (C=O) groups is 1. The molecule has 1 fully saturated rings. The molecule has 1 aromatic carbocycles. The van der Waals surface area contributed by atoms with Crippen molar-refractivity contribution in [3.05, 3.63) is 73.4 Å². The summed E-state index contributed by atoms with van der Waals surface area (Å²) in [7, 11) is 0. The standard InChI is InChI=1S/C32H30Cl3FN6O3/c1-6-21(43)40-9-11-41(12-10-40)29-18-13-20(33)27(22-17(5)23(34)25(36)24(35)30(22)44)39-31(18)42(32(45)19(29)14-37)28-16(4)7-8-38-26(28)15(2)3/h6-8,13,15-16,28,44H,1,9-12H2,2-5H3/t16-,28?/m1/s1. The van der Waals surface area contributed by atoms with Crippen LogP contribution in [0.1, 0.15) is 37.9 Å². The Hall–Kier alpha value is -3.91. The van der Waals surface area contributed by atoms with Crippen LogP contribution < -0.4 is 10.5 Å². The lowest BCUT2D eigenvalue weighted by Gasteiger charge is -2.37. The third kappa shape index (κ3) is 5.37. The number of pyridine rings is 2. The highest BCUT2D eigenvalue weighted by Gasteiger charge is 2.35. The number of rotatable bonds is 5. The number of aromatic hydroxyl groups is 1. The van der Waals surface area contributed by atoms with Crippen molar-refractivity contribution in [2.45, 2.75) is 33.7 Å². The van der Waals surface area contributed by atoms with E-state index in [1.807, 2.05) is 31.7 Å². The second-order valence-corrected chi connectivity index (χ2v) is 12.5. The molecular formula is C32H30Cl3FN6O3. The highest BCUT2D eigenvalue weighted by molar-refractivity contribution is 6.38. The van der Waals surface area contributed by atoms with Crippen molar-refractivity contribution in [1.29, 1.82) is 5.26 Å². The van der Waals surface area contributed by atoms with Crippen LogP contribution in [0.2, 0.25) is 15.1 Å². The summed E-state index contributed by atoms with van der Waals surface area (Å²) in [6, 6.07) is 3.09. The predicted octanol–water partition coefficient (Wildman–Crippen LogP) is 6.68. The van der Waals surface area contributed by atoms with Crippen molar-refractivity contribution in [1.82, 2.24) is 14.5 Å². The maximum Gasteiger partial charge on any atom is 0.272 e. The van der Waals surface area contributed by atoms with Crippen LogP contribution in [0, 0.1) is 35.9 Å². The number of benzene rings is 1. The Morgan fingerprint density at radius 2 is 1.89 bits per heavy atom. The Kier molecular flexibility index (Phi) is 9.00. The number of aliphatic imine (C=N–C) groups is 1. The zero-order valence-corrected chi connectivity index (χ0v) is 27.3. The Bertz CT molecular complexity index is 1890. The zero-order chi connectivity index (χ0) is 32.9. The SMILES string of the molecule is C=CC(=O)N1CCN(c2c(C#N)c(=O)n(C3C(C(C)C)=NC=C[C@H]3C)c3nc(-c4c(C)c(Cl)c(F)c(Cl)c4O)c(Cl)cc23)CC1. The van der Waals surface area contributed by atoms with Crippen LogP contribution in [0.4, 0.5) is 10.1 Å². The molecule has 45 heavy (non-hydrogen) atoms. The molecule has 2 aliphatic heterocycles. The topological polar surface area (TPSA) is 115 Å². The molecule has 9 nitrogen and oxygen atoms in total. The number of amides is 1. The molecule has 1 unspecified atom stereocenters. The number of phenols is 1. The normalized spacial score (nSPS) is 18.4. The lowest BCUT2D eigenvalue weighted by atomic mass is 9.88. The number of hydrogen-bond donors (Lipinski definition) is 1. The van der Waals surface area contributed by atoms with Crippen LogP contribution >= 0.6 is 34.8 Å². The van der Waals surface area contributed by atoms with Gasteiger partial charge in [-0.3, -0.25) is 19.1 Å². The van der Waals surface area contributed by atoms with Crippen molar-refractivity contribution in [2.75, 3.05) is 31.1 Å².